The highest BCUT2D eigenvalue weighted by atomic mass is 16.1. The summed E-state index contributed by atoms with van der Waals surface area (Å²) >= 11 is 0. The maximum absolute atomic E-state index is 12.0. The second-order valence-corrected chi connectivity index (χ2v) is 5.48. The summed E-state index contributed by atoms with van der Waals surface area (Å²) in [6.45, 7) is 2.82. The van der Waals surface area contributed by atoms with E-state index in [2.05, 4.69) is 40.1 Å². The summed E-state index contributed by atoms with van der Waals surface area (Å²) in [5.41, 5.74) is 8.51. The van der Waals surface area contributed by atoms with Crippen molar-refractivity contribution < 1.29 is 4.79 Å². The van der Waals surface area contributed by atoms with Crippen molar-refractivity contribution in [3.05, 3.63) is 59.2 Å². The monoisotopic (exact) mass is 293 g/mol. The molecule has 0 aliphatic carbocycles. The summed E-state index contributed by atoms with van der Waals surface area (Å²) in [6, 6.07) is 14.1. The summed E-state index contributed by atoms with van der Waals surface area (Å²) in [7, 11) is 1.94. The van der Waals surface area contributed by atoms with E-state index in [-0.39, 0.29) is 11.8 Å². The van der Waals surface area contributed by atoms with E-state index in [1.807, 2.05) is 32.2 Å². The molecule has 2 aromatic carbocycles. The summed E-state index contributed by atoms with van der Waals surface area (Å²) in [5, 5.41) is 7.10. The summed E-state index contributed by atoms with van der Waals surface area (Å²) in [6.07, 6.45) is 1.35. The van der Waals surface area contributed by atoms with E-state index in [0.29, 0.717) is 0 Å². The summed E-state index contributed by atoms with van der Waals surface area (Å²) in [5.74, 6) is 0.00322. The van der Waals surface area contributed by atoms with Crippen molar-refractivity contribution in [2.75, 3.05) is 7.05 Å². The third-order valence-electron chi connectivity index (χ3n) is 3.93. The van der Waals surface area contributed by atoms with Crippen LogP contribution in [0.15, 0.2) is 47.6 Å². The highest BCUT2D eigenvalue weighted by Crippen LogP contribution is 2.31. The van der Waals surface area contributed by atoms with Crippen LogP contribution in [0.5, 0.6) is 0 Å². The second-order valence-electron chi connectivity index (χ2n) is 5.48. The Morgan fingerprint density at radius 2 is 2.00 bits per heavy atom. The van der Waals surface area contributed by atoms with Crippen LogP contribution in [0.1, 0.15) is 22.7 Å². The maximum atomic E-state index is 12.0. The van der Waals surface area contributed by atoms with Crippen LogP contribution in [0.2, 0.25) is 0 Å². The normalized spacial score (nSPS) is 16.8. The first-order valence-corrected chi connectivity index (χ1v) is 7.36. The Kier molecular flexibility index (Phi) is 4.02. The average Bonchev–Trinajstić information content (AvgIpc) is 2.95. The molecule has 1 heterocycles. The van der Waals surface area contributed by atoms with Gasteiger partial charge in [0.05, 0.1) is 6.21 Å². The SMILES string of the molecule is CNCc1cc(C)c(C2NN=CC2=O)cc1-c1ccccc1. The Balaban J connectivity index is 2.12. The molecule has 3 rings (SSSR count). The van der Waals surface area contributed by atoms with Gasteiger partial charge in [-0.3, -0.25) is 10.2 Å². The predicted octanol–water partition coefficient (Wildman–Crippen LogP) is 2.58. The fourth-order valence-corrected chi connectivity index (χ4v) is 2.86. The molecule has 1 unspecified atom stereocenters. The van der Waals surface area contributed by atoms with Crippen molar-refractivity contribution >= 4 is 12.0 Å². The number of rotatable bonds is 4. The lowest BCUT2D eigenvalue weighted by molar-refractivity contribution is -0.113. The van der Waals surface area contributed by atoms with E-state index in [4.69, 9.17) is 0 Å². The van der Waals surface area contributed by atoms with Crippen molar-refractivity contribution in [2.24, 2.45) is 5.10 Å². The molecular weight excluding hydrogens is 274 g/mol. The van der Waals surface area contributed by atoms with Gasteiger partial charge in [-0.1, -0.05) is 36.4 Å². The molecule has 1 atom stereocenters. The van der Waals surface area contributed by atoms with Gasteiger partial charge in [0.2, 0.25) is 5.78 Å². The molecule has 0 aromatic heterocycles. The van der Waals surface area contributed by atoms with Gasteiger partial charge in [0.25, 0.3) is 0 Å². The molecule has 4 nitrogen and oxygen atoms in total. The molecule has 0 radical (unpaired) electrons. The molecule has 2 aromatic rings. The number of hydrogen-bond donors (Lipinski definition) is 2. The molecule has 0 saturated heterocycles. The number of nitrogens with one attached hydrogen (secondary N) is 2. The van der Waals surface area contributed by atoms with Gasteiger partial charge in [-0.05, 0) is 47.9 Å². The third kappa shape index (κ3) is 2.65. The molecule has 0 saturated carbocycles. The van der Waals surface area contributed by atoms with Gasteiger partial charge >= 0.3 is 0 Å². The summed E-state index contributed by atoms with van der Waals surface area (Å²) < 4.78 is 0. The zero-order chi connectivity index (χ0) is 15.5. The Labute approximate surface area is 130 Å². The van der Waals surface area contributed by atoms with E-state index in [0.717, 1.165) is 28.8 Å². The highest BCUT2D eigenvalue weighted by Gasteiger charge is 2.25. The van der Waals surface area contributed by atoms with Gasteiger partial charge < -0.3 is 5.32 Å². The number of hydrogen-bond acceptors (Lipinski definition) is 4. The van der Waals surface area contributed by atoms with Crippen LogP contribution in [0.4, 0.5) is 0 Å². The zero-order valence-corrected chi connectivity index (χ0v) is 12.8. The Bertz CT molecular complexity index is 723. The number of ketones is 1. The minimum absolute atomic E-state index is 0.00322. The lowest BCUT2D eigenvalue weighted by Crippen LogP contribution is -2.19. The number of carbonyl (C=O) groups is 1. The van der Waals surface area contributed by atoms with Gasteiger partial charge in [0, 0.05) is 6.54 Å². The molecule has 2 N–H and O–H groups in total. The van der Waals surface area contributed by atoms with Crippen molar-refractivity contribution in [1.82, 2.24) is 10.7 Å². The van der Waals surface area contributed by atoms with Gasteiger partial charge in [-0.25, -0.2) is 0 Å². The molecule has 0 amide bonds. The molecule has 1 aliphatic heterocycles. The third-order valence-corrected chi connectivity index (χ3v) is 3.93. The fraction of sp³-hybridized carbons (Fsp3) is 0.222. The molecule has 112 valence electrons. The van der Waals surface area contributed by atoms with Crippen molar-refractivity contribution in [3.8, 4) is 11.1 Å². The molecule has 1 aliphatic rings. The van der Waals surface area contributed by atoms with Crippen LogP contribution in [0, 0.1) is 6.92 Å². The minimum Gasteiger partial charge on any atom is -0.316 e. The number of benzene rings is 2. The predicted molar refractivity (Wildman–Crippen MR) is 88.8 cm³/mol. The minimum atomic E-state index is -0.369. The van der Waals surface area contributed by atoms with Crippen LogP contribution >= 0.6 is 0 Å². The van der Waals surface area contributed by atoms with Gasteiger partial charge in [0.1, 0.15) is 6.04 Å². The van der Waals surface area contributed by atoms with Crippen LogP contribution in [0.3, 0.4) is 0 Å². The lowest BCUT2D eigenvalue weighted by Gasteiger charge is -2.18. The Hall–Kier alpha value is -2.46. The van der Waals surface area contributed by atoms with Crippen LogP contribution in [0.25, 0.3) is 11.1 Å². The largest absolute Gasteiger partial charge is 0.316 e. The topological polar surface area (TPSA) is 53.5 Å². The first kappa shape index (κ1) is 14.5. The Morgan fingerprint density at radius 1 is 1.23 bits per heavy atom. The van der Waals surface area contributed by atoms with Crippen LogP contribution in [-0.2, 0) is 11.3 Å². The van der Waals surface area contributed by atoms with E-state index in [1.54, 1.807) is 0 Å². The number of carbonyl (C=O) groups excluding carboxylic acids is 1. The Morgan fingerprint density at radius 3 is 2.64 bits per heavy atom. The smallest absolute Gasteiger partial charge is 0.203 e. The van der Waals surface area contributed by atoms with E-state index in [1.165, 1.54) is 11.8 Å². The van der Waals surface area contributed by atoms with Crippen LogP contribution in [-0.4, -0.2) is 19.0 Å². The number of hydrazone groups is 1. The van der Waals surface area contributed by atoms with Gasteiger partial charge in [0.15, 0.2) is 0 Å². The van der Waals surface area contributed by atoms with Gasteiger partial charge in [-0.15, -0.1) is 0 Å². The molecule has 0 spiro atoms. The number of Topliss-reactive ketones (excluding diaryl/α,β-unsaturated/α-hetero) is 1. The van der Waals surface area contributed by atoms with Crippen molar-refractivity contribution in [2.45, 2.75) is 19.5 Å². The molecule has 0 bridgehead atoms. The van der Waals surface area contributed by atoms with E-state index >= 15 is 0 Å². The van der Waals surface area contributed by atoms with Gasteiger partial charge in [-0.2, -0.15) is 5.10 Å². The maximum Gasteiger partial charge on any atom is 0.203 e. The molecular formula is C18H19N3O. The standard InChI is InChI=1S/C18H19N3O/c1-12-8-14(10-19-2)16(13-6-4-3-5-7-13)9-15(12)18-17(22)11-20-21-18/h3-9,11,18-19,21H,10H2,1-2H3. The van der Waals surface area contributed by atoms with E-state index in [9.17, 15) is 4.79 Å². The first-order valence-electron chi connectivity index (χ1n) is 7.36. The lowest BCUT2D eigenvalue weighted by atomic mass is 9.90. The quantitative estimate of drug-likeness (QED) is 0.911. The zero-order valence-electron chi connectivity index (χ0n) is 12.8. The number of aryl methyl sites for hydroxylation is 1. The van der Waals surface area contributed by atoms with E-state index < -0.39 is 0 Å². The van der Waals surface area contributed by atoms with Crippen molar-refractivity contribution in [1.29, 1.82) is 0 Å². The second kappa shape index (κ2) is 6.12. The summed E-state index contributed by atoms with van der Waals surface area (Å²) in [4.78, 5) is 12.0. The number of nitrogens with zero attached hydrogens (tertiary/aromatic N) is 1. The van der Waals surface area contributed by atoms with Crippen LogP contribution < -0.4 is 10.7 Å². The molecule has 0 fully saturated rings. The fourth-order valence-electron chi connectivity index (χ4n) is 2.86. The van der Waals surface area contributed by atoms with Crippen molar-refractivity contribution in [3.63, 3.8) is 0 Å². The molecule has 22 heavy (non-hydrogen) atoms. The first-order chi connectivity index (χ1) is 10.7. The molecule has 4 heteroatoms. The highest BCUT2D eigenvalue weighted by molar-refractivity contribution is 6.31. The average molecular weight is 293 g/mol.